The van der Waals surface area contributed by atoms with Crippen molar-refractivity contribution >= 4 is 17.5 Å². The molecule has 2 bridgehead atoms. The van der Waals surface area contributed by atoms with Crippen LogP contribution in [0.2, 0.25) is 0 Å². The number of hydrogen-bond acceptors (Lipinski definition) is 2. The van der Waals surface area contributed by atoms with Crippen LogP contribution < -0.4 is 4.90 Å². The van der Waals surface area contributed by atoms with E-state index < -0.39 is 22.7 Å². The highest BCUT2D eigenvalue weighted by atomic mass is 16.2. The summed E-state index contributed by atoms with van der Waals surface area (Å²) < 4.78 is 0. The summed E-state index contributed by atoms with van der Waals surface area (Å²) in [6.07, 6.45) is 2.65. The quantitative estimate of drug-likeness (QED) is 0.325. The Morgan fingerprint density at radius 1 is 0.829 bits per heavy atom. The molecule has 6 rings (SSSR count). The third kappa shape index (κ3) is 2.56. The number of allylic oxidation sites excluding steroid dienone is 3. The lowest BCUT2D eigenvalue weighted by molar-refractivity contribution is -0.124. The molecule has 0 radical (unpaired) electrons. The average molecular weight is 460 g/mol. The minimum absolute atomic E-state index is 0.0191. The predicted octanol–water partition coefficient (Wildman–Crippen LogP) is 6.44. The molecule has 3 heteroatoms. The summed E-state index contributed by atoms with van der Waals surface area (Å²) in [7, 11) is 0. The van der Waals surface area contributed by atoms with E-state index in [4.69, 9.17) is 0 Å². The van der Waals surface area contributed by atoms with Crippen molar-refractivity contribution in [2.24, 2.45) is 17.3 Å². The number of benzene rings is 3. The first-order valence-corrected chi connectivity index (χ1v) is 12.3. The highest BCUT2D eigenvalue weighted by molar-refractivity contribution is 6.24. The average Bonchev–Trinajstić information content (AvgIpc) is 3.38. The number of hydrogen-bond donors (Lipinski definition) is 0. The Hall–Kier alpha value is -3.72. The molecule has 2 aliphatic carbocycles. The van der Waals surface area contributed by atoms with Crippen molar-refractivity contribution in [3.8, 4) is 0 Å². The molecular formula is C32H29NO2. The molecule has 1 heterocycles. The maximum atomic E-state index is 14.4. The summed E-state index contributed by atoms with van der Waals surface area (Å²) in [6.45, 7) is 8.46. The molecule has 1 saturated carbocycles. The molecule has 2 amide bonds. The van der Waals surface area contributed by atoms with Crippen LogP contribution in [0.3, 0.4) is 0 Å². The van der Waals surface area contributed by atoms with Gasteiger partial charge in [-0.3, -0.25) is 9.59 Å². The molecular weight excluding hydrogens is 430 g/mol. The van der Waals surface area contributed by atoms with Crippen molar-refractivity contribution in [2.75, 3.05) is 4.90 Å². The van der Waals surface area contributed by atoms with Crippen molar-refractivity contribution in [3.63, 3.8) is 0 Å². The molecule has 174 valence electrons. The Kier molecular flexibility index (Phi) is 4.76. The Morgan fingerprint density at radius 3 is 1.97 bits per heavy atom. The first-order valence-electron chi connectivity index (χ1n) is 12.3. The number of carbonyl (C=O) groups is 2. The number of fused-ring (bicyclic) bond motifs is 5. The van der Waals surface area contributed by atoms with Gasteiger partial charge in [-0.2, -0.15) is 0 Å². The predicted molar refractivity (Wildman–Crippen MR) is 139 cm³/mol. The fourth-order valence-electron chi connectivity index (χ4n) is 7.91. The maximum absolute atomic E-state index is 14.4. The molecule has 3 aliphatic rings. The second kappa shape index (κ2) is 7.64. The highest BCUT2D eigenvalue weighted by Crippen LogP contribution is 2.78. The van der Waals surface area contributed by atoms with Crippen LogP contribution in [0.15, 0.2) is 115 Å². The molecule has 2 fully saturated rings. The maximum Gasteiger partial charge on any atom is 0.238 e. The number of rotatable bonds is 5. The molecule has 3 aromatic rings. The van der Waals surface area contributed by atoms with Crippen LogP contribution in [0, 0.1) is 17.3 Å². The number of imide groups is 1. The normalized spacial score (nSPS) is 31.3. The summed E-state index contributed by atoms with van der Waals surface area (Å²) in [5.41, 5.74) is 4.31. The van der Waals surface area contributed by atoms with E-state index in [-0.39, 0.29) is 17.7 Å². The van der Waals surface area contributed by atoms with Gasteiger partial charge in [0.05, 0.1) is 17.5 Å². The zero-order chi connectivity index (χ0) is 24.4. The SMILES string of the molecule is C=CCC1=C(C)[C@]2(c3ccccc3)[C@H](c3ccccc3)[C@@]1(C)[C@@H]1C(=O)N(c3ccccc3)C(=O)[C@@H]12. The molecule has 0 unspecified atom stereocenters. The van der Waals surface area contributed by atoms with E-state index in [0.717, 1.165) is 5.56 Å². The van der Waals surface area contributed by atoms with Gasteiger partial charge in [0.2, 0.25) is 11.8 Å². The van der Waals surface area contributed by atoms with Crippen molar-refractivity contribution < 1.29 is 9.59 Å². The Labute approximate surface area is 206 Å². The van der Waals surface area contributed by atoms with Crippen LogP contribution in [0.1, 0.15) is 37.3 Å². The summed E-state index contributed by atoms with van der Waals surface area (Å²) in [4.78, 5) is 30.1. The van der Waals surface area contributed by atoms with Crippen LogP contribution in [0.4, 0.5) is 5.69 Å². The van der Waals surface area contributed by atoms with Crippen LogP contribution in [0.25, 0.3) is 0 Å². The molecule has 3 aromatic carbocycles. The van der Waals surface area contributed by atoms with Crippen LogP contribution >= 0.6 is 0 Å². The third-order valence-electron chi connectivity index (χ3n) is 8.97. The van der Waals surface area contributed by atoms with Crippen LogP contribution in [-0.2, 0) is 15.0 Å². The van der Waals surface area contributed by atoms with Gasteiger partial charge in [0.1, 0.15) is 0 Å². The van der Waals surface area contributed by atoms with Crippen molar-refractivity contribution in [1.82, 2.24) is 0 Å². The molecule has 0 spiro atoms. The number of amides is 2. The van der Waals surface area contributed by atoms with Gasteiger partial charge < -0.3 is 0 Å². The van der Waals surface area contributed by atoms with Gasteiger partial charge in [-0.1, -0.05) is 103 Å². The smallest absolute Gasteiger partial charge is 0.238 e. The summed E-state index contributed by atoms with van der Waals surface area (Å²) in [6, 6.07) is 30.3. The Morgan fingerprint density at radius 2 is 1.37 bits per heavy atom. The van der Waals surface area contributed by atoms with E-state index in [0.29, 0.717) is 12.1 Å². The lowest BCUT2D eigenvalue weighted by Crippen LogP contribution is -2.43. The molecule has 0 aromatic heterocycles. The first-order chi connectivity index (χ1) is 17.0. The monoisotopic (exact) mass is 459 g/mol. The molecule has 5 atom stereocenters. The van der Waals surface area contributed by atoms with Gasteiger partial charge in [-0.15, -0.1) is 6.58 Å². The lowest BCUT2D eigenvalue weighted by Gasteiger charge is -2.40. The van der Waals surface area contributed by atoms with E-state index in [1.165, 1.54) is 21.6 Å². The zero-order valence-electron chi connectivity index (χ0n) is 20.1. The lowest BCUT2D eigenvalue weighted by atomic mass is 9.61. The van der Waals surface area contributed by atoms with E-state index >= 15 is 0 Å². The van der Waals surface area contributed by atoms with Crippen LogP contribution in [0.5, 0.6) is 0 Å². The summed E-state index contributed by atoms with van der Waals surface area (Å²) >= 11 is 0. The Balaban J connectivity index is 1.68. The van der Waals surface area contributed by atoms with Gasteiger partial charge in [0.25, 0.3) is 0 Å². The standard InChI is InChI=1S/C32H29NO2/c1-4-14-25-21(2)32(23-17-10-6-11-18-23)27-26(31(25,3)28(32)22-15-8-5-9-16-22)29(34)33(30(27)35)24-19-12-7-13-20-24/h4-13,15-20,26-28H,1,14H2,2-3H3/t26-,27+,28+,31+,32+/m0/s1. The first kappa shape index (κ1) is 21.8. The topological polar surface area (TPSA) is 37.4 Å². The molecule has 35 heavy (non-hydrogen) atoms. The van der Waals surface area contributed by atoms with E-state index in [2.05, 4.69) is 56.8 Å². The third-order valence-corrected chi connectivity index (χ3v) is 8.97. The second-order valence-electron chi connectivity index (χ2n) is 10.3. The second-order valence-corrected chi connectivity index (χ2v) is 10.3. The zero-order valence-corrected chi connectivity index (χ0v) is 20.1. The number of carbonyl (C=O) groups excluding carboxylic acids is 2. The van der Waals surface area contributed by atoms with Crippen LogP contribution in [-0.4, -0.2) is 11.8 Å². The Bertz CT molecular complexity index is 1360. The molecule has 0 N–H and O–H groups in total. The molecule has 3 nitrogen and oxygen atoms in total. The van der Waals surface area contributed by atoms with Gasteiger partial charge >= 0.3 is 0 Å². The van der Waals surface area contributed by atoms with Crippen molar-refractivity contribution in [2.45, 2.75) is 31.6 Å². The molecule has 1 saturated heterocycles. The fourth-order valence-corrected chi connectivity index (χ4v) is 7.91. The largest absolute Gasteiger partial charge is 0.274 e. The summed E-state index contributed by atoms with van der Waals surface area (Å²) in [5.74, 6) is -1.08. The van der Waals surface area contributed by atoms with Crippen molar-refractivity contribution in [3.05, 3.63) is 126 Å². The van der Waals surface area contributed by atoms with Gasteiger partial charge in [0.15, 0.2) is 0 Å². The van der Waals surface area contributed by atoms with E-state index in [1.54, 1.807) is 0 Å². The molecule has 1 aliphatic heterocycles. The number of anilines is 1. The van der Waals surface area contributed by atoms with E-state index in [1.807, 2.05) is 60.7 Å². The van der Waals surface area contributed by atoms with Gasteiger partial charge in [-0.25, -0.2) is 4.90 Å². The van der Waals surface area contributed by atoms with Crippen molar-refractivity contribution in [1.29, 1.82) is 0 Å². The van der Waals surface area contributed by atoms with Gasteiger partial charge in [0, 0.05) is 16.7 Å². The number of para-hydroxylation sites is 1. The van der Waals surface area contributed by atoms with E-state index in [9.17, 15) is 9.59 Å². The summed E-state index contributed by atoms with van der Waals surface area (Å²) in [5, 5.41) is 0. The number of nitrogens with zero attached hydrogens (tertiary/aromatic N) is 1. The fraction of sp³-hybridized carbons (Fsp3) is 0.250. The van der Waals surface area contributed by atoms with Gasteiger partial charge in [-0.05, 0) is 36.6 Å². The minimum Gasteiger partial charge on any atom is -0.274 e. The highest BCUT2D eigenvalue weighted by Gasteiger charge is 2.79. The minimum atomic E-state index is -0.601.